The maximum Gasteiger partial charge on any atom is 0.326 e. The van der Waals surface area contributed by atoms with Crippen molar-refractivity contribution in [1.82, 2.24) is 10.6 Å². The normalized spacial score (nSPS) is 14.6. The fraction of sp³-hybridized carbons (Fsp3) is 0.526. The summed E-state index contributed by atoms with van der Waals surface area (Å²) in [6.45, 7) is 7.18. The number of hydrogen-bond acceptors (Lipinski definition) is 4. The fourth-order valence-electron chi connectivity index (χ4n) is 2.40. The number of carbonyl (C=O) groups is 3. The van der Waals surface area contributed by atoms with Crippen LogP contribution in [-0.2, 0) is 20.8 Å². The van der Waals surface area contributed by atoms with Gasteiger partial charge in [-0.15, -0.1) is 0 Å². The van der Waals surface area contributed by atoms with Gasteiger partial charge in [0.25, 0.3) is 0 Å². The van der Waals surface area contributed by atoms with Crippen LogP contribution in [0.2, 0.25) is 0 Å². The molecule has 2 amide bonds. The third-order valence-corrected chi connectivity index (χ3v) is 4.17. The second-order valence-corrected chi connectivity index (χ2v) is 7.09. The summed E-state index contributed by atoms with van der Waals surface area (Å²) < 4.78 is 0. The topological polar surface area (TPSA) is 122 Å². The van der Waals surface area contributed by atoms with Gasteiger partial charge in [0.15, 0.2) is 0 Å². The SMILES string of the molecule is CC(C)[C@H](NC(=O)[C@H](N)C(C)C)C(=O)N[C@@H](Cc1ccccc1)C(=O)O. The van der Waals surface area contributed by atoms with E-state index in [1.54, 1.807) is 38.1 Å². The number of carboxylic acid groups (broad SMARTS) is 1. The lowest BCUT2D eigenvalue weighted by Gasteiger charge is -2.26. The van der Waals surface area contributed by atoms with Gasteiger partial charge in [-0.1, -0.05) is 58.0 Å². The molecule has 1 aromatic rings. The van der Waals surface area contributed by atoms with E-state index in [1.807, 2.05) is 19.9 Å². The molecule has 5 N–H and O–H groups in total. The molecule has 0 heterocycles. The molecule has 0 fully saturated rings. The molecule has 3 atom stereocenters. The summed E-state index contributed by atoms with van der Waals surface area (Å²) in [4.78, 5) is 36.3. The highest BCUT2D eigenvalue weighted by Gasteiger charge is 2.30. The third kappa shape index (κ3) is 6.48. The molecule has 1 aromatic carbocycles. The van der Waals surface area contributed by atoms with Gasteiger partial charge < -0.3 is 21.5 Å². The lowest BCUT2D eigenvalue weighted by Crippen LogP contribution is -2.57. The second-order valence-electron chi connectivity index (χ2n) is 7.09. The van der Waals surface area contributed by atoms with Crippen molar-refractivity contribution in [1.29, 1.82) is 0 Å². The van der Waals surface area contributed by atoms with Crippen LogP contribution in [-0.4, -0.2) is 41.0 Å². The Bertz CT molecular complexity index is 616. The van der Waals surface area contributed by atoms with E-state index in [1.165, 1.54) is 0 Å². The van der Waals surface area contributed by atoms with Crippen LogP contribution in [0.4, 0.5) is 0 Å². The van der Waals surface area contributed by atoms with Crippen LogP contribution in [0.1, 0.15) is 33.3 Å². The fourth-order valence-corrected chi connectivity index (χ4v) is 2.40. The van der Waals surface area contributed by atoms with Crippen molar-refractivity contribution >= 4 is 17.8 Å². The number of benzene rings is 1. The first kappa shape index (κ1) is 21.6. The molecule has 0 unspecified atom stereocenters. The molecular formula is C19H29N3O4. The monoisotopic (exact) mass is 363 g/mol. The summed E-state index contributed by atoms with van der Waals surface area (Å²) in [6.07, 6.45) is 0.159. The first-order valence-electron chi connectivity index (χ1n) is 8.76. The van der Waals surface area contributed by atoms with Crippen molar-refractivity contribution in [3.8, 4) is 0 Å². The molecule has 1 rings (SSSR count). The van der Waals surface area contributed by atoms with E-state index in [0.717, 1.165) is 5.56 Å². The largest absolute Gasteiger partial charge is 0.480 e. The molecule has 0 spiro atoms. The predicted octanol–water partition coefficient (Wildman–Crippen LogP) is 0.923. The van der Waals surface area contributed by atoms with Gasteiger partial charge in [0.2, 0.25) is 11.8 Å². The van der Waals surface area contributed by atoms with Crippen LogP contribution in [0.5, 0.6) is 0 Å². The summed E-state index contributed by atoms with van der Waals surface area (Å²) in [5.41, 5.74) is 6.62. The van der Waals surface area contributed by atoms with Crippen molar-refractivity contribution in [3.05, 3.63) is 35.9 Å². The van der Waals surface area contributed by atoms with Crippen LogP contribution in [0.3, 0.4) is 0 Å². The summed E-state index contributed by atoms with van der Waals surface area (Å²) in [5.74, 6) is -2.38. The average Bonchev–Trinajstić information content (AvgIpc) is 2.58. The van der Waals surface area contributed by atoms with E-state index in [9.17, 15) is 19.5 Å². The molecule has 0 aliphatic rings. The number of hydrogen-bond donors (Lipinski definition) is 4. The smallest absolute Gasteiger partial charge is 0.326 e. The third-order valence-electron chi connectivity index (χ3n) is 4.17. The lowest BCUT2D eigenvalue weighted by molar-refractivity contribution is -0.142. The van der Waals surface area contributed by atoms with Gasteiger partial charge in [0.05, 0.1) is 6.04 Å². The van der Waals surface area contributed by atoms with E-state index in [-0.39, 0.29) is 18.3 Å². The molecule has 0 aliphatic carbocycles. The first-order valence-corrected chi connectivity index (χ1v) is 8.76. The van der Waals surface area contributed by atoms with Gasteiger partial charge in [-0.2, -0.15) is 0 Å². The van der Waals surface area contributed by atoms with Crippen LogP contribution in [0.15, 0.2) is 30.3 Å². The maximum atomic E-state index is 12.6. The molecule has 0 saturated carbocycles. The predicted molar refractivity (Wildman–Crippen MR) is 99.3 cm³/mol. The van der Waals surface area contributed by atoms with Gasteiger partial charge in [0.1, 0.15) is 12.1 Å². The summed E-state index contributed by atoms with van der Waals surface area (Å²) in [5, 5.41) is 14.6. The molecule has 0 radical (unpaired) electrons. The molecule has 0 aliphatic heterocycles. The summed E-state index contributed by atoms with van der Waals surface area (Å²) in [7, 11) is 0. The van der Waals surface area contributed by atoms with Crippen molar-refractivity contribution in [2.24, 2.45) is 17.6 Å². The Kier molecular flexibility index (Phi) is 8.25. The van der Waals surface area contributed by atoms with Crippen molar-refractivity contribution < 1.29 is 19.5 Å². The van der Waals surface area contributed by atoms with E-state index in [0.29, 0.717) is 0 Å². The van der Waals surface area contributed by atoms with Gasteiger partial charge in [-0.25, -0.2) is 4.79 Å². The second kappa shape index (κ2) is 9.91. The number of rotatable bonds is 9. The number of amides is 2. The van der Waals surface area contributed by atoms with Crippen molar-refractivity contribution in [2.45, 2.75) is 52.2 Å². The molecule has 7 heteroatoms. The molecule has 0 bridgehead atoms. The van der Waals surface area contributed by atoms with Gasteiger partial charge in [-0.3, -0.25) is 9.59 Å². The minimum absolute atomic E-state index is 0.0734. The Morgan fingerprint density at radius 3 is 2.00 bits per heavy atom. The minimum atomic E-state index is -1.13. The van der Waals surface area contributed by atoms with Crippen LogP contribution >= 0.6 is 0 Å². The van der Waals surface area contributed by atoms with Crippen LogP contribution in [0.25, 0.3) is 0 Å². The Morgan fingerprint density at radius 2 is 1.54 bits per heavy atom. The lowest BCUT2D eigenvalue weighted by atomic mass is 9.99. The molecular weight excluding hydrogens is 334 g/mol. The number of carbonyl (C=O) groups excluding carboxylic acids is 2. The summed E-state index contributed by atoms with van der Waals surface area (Å²) >= 11 is 0. The zero-order chi connectivity index (χ0) is 19.9. The van der Waals surface area contributed by atoms with Gasteiger partial charge in [-0.05, 0) is 17.4 Å². The Balaban J connectivity index is 2.83. The number of aliphatic carboxylic acids is 1. The molecule has 144 valence electrons. The number of nitrogens with one attached hydrogen (secondary N) is 2. The Labute approximate surface area is 154 Å². The van der Waals surface area contributed by atoms with Crippen molar-refractivity contribution in [2.75, 3.05) is 0 Å². The Morgan fingerprint density at radius 1 is 0.962 bits per heavy atom. The van der Waals surface area contributed by atoms with Gasteiger partial charge >= 0.3 is 5.97 Å². The van der Waals surface area contributed by atoms with Crippen molar-refractivity contribution in [3.63, 3.8) is 0 Å². The summed E-state index contributed by atoms with van der Waals surface area (Å²) in [6, 6.07) is 6.37. The molecule has 0 saturated heterocycles. The quantitative estimate of drug-likeness (QED) is 0.520. The number of carboxylic acids is 1. The van der Waals surface area contributed by atoms with E-state index in [2.05, 4.69) is 10.6 Å². The zero-order valence-corrected chi connectivity index (χ0v) is 15.7. The maximum absolute atomic E-state index is 12.6. The van der Waals surface area contributed by atoms with E-state index < -0.39 is 35.9 Å². The molecule has 7 nitrogen and oxygen atoms in total. The highest BCUT2D eigenvalue weighted by molar-refractivity contribution is 5.92. The molecule has 26 heavy (non-hydrogen) atoms. The number of nitrogens with two attached hydrogens (primary N) is 1. The zero-order valence-electron chi connectivity index (χ0n) is 15.7. The highest BCUT2D eigenvalue weighted by atomic mass is 16.4. The minimum Gasteiger partial charge on any atom is -0.480 e. The standard InChI is InChI=1S/C19H29N3O4/c1-11(2)15(20)17(23)22-16(12(3)4)18(24)21-14(19(25)26)10-13-8-6-5-7-9-13/h5-9,11-12,14-16H,10,20H2,1-4H3,(H,21,24)(H,22,23)(H,25,26)/t14-,15+,16-/m0/s1. The van der Waals surface area contributed by atoms with E-state index in [4.69, 9.17) is 5.73 Å². The first-order chi connectivity index (χ1) is 12.1. The van der Waals surface area contributed by atoms with Crippen LogP contribution < -0.4 is 16.4 Å². The molecule has 0 aromatic heterocycles. The highest BCUT2D eigenvalue weighted by Crippen LogP contribution is 2.08. The average molecular weight is 363 g/mol. The Hall–Kier alpha value is -2.41. The van der Waals surface area contributed by atoms with Crippen LogP contribution in [0, 0.1) is 11.8 Å². The van der Waals surface area contributed by atoms with Gasteiger partial charge in [0, 0.05) is 6.42 Å². The van der Waals surface area contributed by atoms with E-state index >= 15 is 0 Å².